The van der Waals surface area contributed by atoms with Crippen molar-refractivity contribution in [1.29, 1.82) is 0 Å². The SMILES string of the molecule is C[C@@H]1CCN(S(=O)(=O)c2ccccc2[N+](=O)[O-])[C@H](CN)C1. The molecule has 1 heterocycles. The lowest BCUT2D eigenvalue weighted by atomic mass is 9.94. The molecule has 2 N–H and O–H groups in total. The molecule has 0 amide bonds. The Morgan fingerprint density at radius 2 is 2.10 bits per heavy atom. The highest BCUT2D eigenvalue weighted by molar-refractivity contribution is 7.89. The van der Waals surface area contributed by atoms with Crippen molar-refractivity contribution in [3.63, 3.8) is 0 Å². The van der Waals surface area contributed by atoms with Gasteiger partial charge in [0.25, 0.3) is 5.69 Å². The predicted octanol–water partition coefficient (Wildman–Crippen LogP) is 1.34. The van der Waals surface area contributed by atoms with Gasteiger partial charge in [0.15, 0.2) is 4.90 Å². The zero-order chi connectivity index (χ0) is 15.6. The number of para-hydroxylation sites is 1. The molecule has 1 aliphatic rings. The third-order valence-corrected chi connectivity index (χ3v) is 5.84. The monoisotopic (exact) mass is 313 g/mol. The molecule has 0 saturated carbocycles. The van der Waals surface area contributed by atoms with Gasteiger partial charge in [0.2, 0.25) is 10.0 Å². The number of benzene rings is 1. The third-order valence-electron chi connectivity index (χ3n) is 3.84. The zero-order valence-corrected chi connectivity index (χ0v) is 12.6. The topological polar surface area (TPSA) is 107 Å². The van der Waals surface area contributed by atoms with Crippen LogP contribution in [0.5, 0.6) is 0 Å². The summed E-state index contributed by atoms with van der Waals surface area (Å²) in [7, 11) is -3.91. The Morgan fingerprint density at radius 1 is 1.43 bits per heavy atom. The highest BCUT2D eigenvalue weighted by atomic mass is 32.2. The van der Waals surface area contributed by atoms with Crippen LogP contribution in [0.4, 0.5) is 5.69 Å². The molecule has 0 spiro atoms. The first-order valence-electron chi connectivity index (χ1n) is 6.83. The third kappa shape index (κ3) is 3.07. The number of nitro groups is 1. The minimum Gasteiger partial charge on any atom is -0.329 e. The van der Waals surface area contributed by atoms with Gasteiger partial charge in [0, 0.05) is 25.2 Å². The molecule has 1 aromatic rings. The first-order valence-corrected chi connectivity index (χ1v) is 8.27. The molecule has 2 rings (SSSR count). The Hall–Kier alpha value is -1.51. The van der Waals surface area contributed by atoms with E-state index in [1.165, 1.54) is 28.6 Å². The van der Waals surface area contributed by atoms with E-state index in [4.69, 9.17) is 5.73 Å². The Balaban J connectivity index is 2.45. The number of hydrogen-bond acceptors (Lipinski definition) is 5. The average Bonchev–Trinajstić information content (AvgIpc) is 2.46. The van der Waals surface area contributed by atoms with Crippen LogP contribution in [0, 0.1) is 16.0 Å². The van der Waals surface area contributed by atoms with E-state index in [2.05, 4.69) is 6.92 Å². The Bertz CT molecular complexity index is 632. The highest BCUT2D eigenvalue weighted by Crippen LogP contribution is 2.31. The first kappa shape index (κ1) is 15.9. The van der Waals surface area contributed by atoms with Gasteiger partial charge in [-0.15, -0.1) is 0 Å². The first-order chi connectivity index (χ1) is 9.87. The van der Waals surface area contributed by atoms with Crippen LogP contribution in [-0.4, -0.2) is 36.8 Å². The molecular formula is C13H19N3O4S. The number of nitro benzene ring substituents is 1. The van der Waals surface area contributed by atoms with E-state index in [-0.39, 0.29) is 17.5 Å². The summed E-state index contributed by atoms with van der Waals surface area (Å²) in [5, 5.41) is 11.1. The molecule has 0 aromatic heterocycles. The molecular weight excluding hydrogens is 294 g/mol. The van der Waals surface area contributed by atoms with Gasteiger partial charge in [0.05, 0.1) is 4.92 Å². The van der Waals surface area contributed by atoms with Gasteiger partial charge in [-0.2, -0.15) is 4.31 Å². The highest BCUT2D eigenvalue weighted by Gasteiger charge is 2.38. The van der Waals surface area contributed by atoms with Crippen molar-refractivity contribution >= 4 is 15.7 Å². The maximum atomic E-state index is 12.8. The van der Waals surface area contributed by atoms with Crippen LogP contribution in [0.25, 0.3) is 0 Å². The van der Waals surface area contributed by atoms with E-state index in [1.807, 2.05) is 0 Å². The van der Waals surface area contributed by atoms with Gasteiger partial charge < -0.3 is 5.73 Å². The fourth-order valence-electron chi connectivity index (χ4n) is 2.71. The quantitative estimate of drug-likeness (QED) is 0.667. The molecule has 1 fully saturated rings. The van der Waals surface area contributed by atoms with Crippen molar-refractivity contribution in [3.8, 4) is 0 Å². The standard InChI is InChI=1S/C13H19N3O4S/c1-10-6-7-15(11(8-10)9-14)21(19,20)13-5-3-2-4-12(13)16(17)18/h2-5,10-11H,6-9,14H2,1H3/t10-,11+/m1/s1. The maximum Gasteiger partial charge on any atom is 0.289 e. The summed E-state index contributed by atoms with van der Waals surface area (Å²) in [5.74, 6) is 0.399. The summed E-state index contributed by atoms with van der Waals surface area (Å²) >= 11 is 0. The lowest BCUT2D eigenvalue weighted by Gasteiger charge is -2.36. The van der Waals surface area contributed by atoms with E-state index in [0.717, 1.165) is 6.42 Å². The van der Waals surface area contributed by atoms with Crippen molar-refractivity contribution in [2.75, 3.05) is 13.1 Å². The van der Waals surface area contributed by atoms with Gasteiger partial charge in [-0.25, -0.2) is 8.42 Å². The van der Waals surface area contributed by atoms with Gasteiger partial charge in [-0.05, 0) is 24.8 Å². The van der Waals surface area contributed by atoms with Crippen LogP contribution in [0.1, 0.15) is 19.8 Å². The normalized spacial score (nSPS) is 23.9. The number of nitrogens with two attached hydrogens (primary N) is 1. The molecule has 0 bridgehead atoms. The minimum atomic E-state index is -3.91. The van der Waals surface area contributed by atoms with Crippen LogP contribution < -0.4 is 5.73 Å². The zero-order valence-electron chi connectivity index (χ0n) is 11.8. The van der Waals surface area contributed by atoms with Gasteiger partial charge >= 0.3 is 0 Å². The largest absolute Gasteiger partial charge is 0.329 e. The molecule has 2 atom stereocenters. The van der Waals surface area contributed by atoms with E-state index in [9.17, 15) is 18.5 Å². The van der Waals surface area contributed by atoms with Gasteiger partial charge in [0.1, 0.15) is 0 Å². The van der Waals surface area contributed by atoms with E-state index < -0.39 is 20.6 Å². The van der Waals surface area contributed by atoms with Crippen molar-refractivity contribution in [3.05, 3.63) is 34.4 Å². The Morgan fingerprint density at radius 3 is 2.71 bits per heavy atom. The molecule has 8 heteroatoms. The van der Waals surface area contributed by atoms with E-state index in [1.54, 1.807) is 0 Å². The van der Waals surface area contributed by atoms with E-state index in [0.29, 0.717) is 18.9 Å². The number of nitrogens with zero attached hydrogens (tertiary/aromatic N) is 2. The summed E-state index contributed by atoms with van der Waals surface area (Å²) in [6.07, 6.45) is 1.41. The fourth-order valence-corrected chi connectivity index (χ4v) is 4.53. The van der Waals surface area contributed by atoms with E-state index >= 15 is 0 Å². The Kier molecular flexibility index (Phi) is 4.60. The number of rotatable bonds is 4. The van der Waals surface area contributed by atoms with Crippen LogP contribution in [-0.2, 0) is 10.0 Å². The number of hydrogen-bond donors (Lipinski definition) is 1. The maximum absolute atomic E-state index is 12.8. The van der Waals surface area contributed by atoms with Crippen molar-refractivity contribution in [1.82, 2.24) is 4.31 Å². The summed E-state index contributed by atoms with van der Waals surface area (Å²) in [5.41, 5.74) is 5.29. The molecule has 0 aliphatic carbocycles. The molecule has 0 unspecified atom stereocenters. The molecule has 0 radical (unpaired) electrons. The fraction of sp³-hybridized carbons (Fsp3) is 0.538. The van der Waals surface area contributed by atoms with Crippen molar-refractivity contribution < 1.29 is 13.3 Å². The lowest BCUT2D eigenvalue weighted by molar-refractivity contribution is -0.387. The molecule has 21 heavy (non-hydrogen) atoms. The van der Waals surface area contributed by atoms with Gasteiger partial charge in [-0.1, -0.05) is 19.1 Å². The number of piperidine rings is 1. The van der Waals surface area contributed by atoms with Crippen LogP contribution in [0.3, 0.4) is 0 Å². The summed E-state index contributed by atoms with van der Waals surface area (Å²) in [6.45, 7) is 2.61. The van der Waals surface area contributed by atoms with Crippen LogP contribution in [0.15, 0.2) is 29.2 Å². The molecule has 116 valence electrons. The lowest BCUT2D eigenvalue weighted by Crippen LogP contribution is -2.49. The number of sulfonamides is 1. The average molecular weight is 313 g/mol. The van der Waals surface area contributed by atoms with Crippen LogP contribution >= 0.6 is 0 Å². The molecule has 7 nitrogen and oxygen atoms in total. The molecule has 1 aromatic carbocycles. The summed E-state index contributed by atoms with van der Waals surface area (Å²) in [6, 6.07) is 5.12. The van der Waals surface area contributed by atoms with Crippen molar-refractivity contribution in [2.24, 2.45) is 11.7 Å². The smallest absolute Gasteiger partial charge is 0.289 e. The second-order valence-electron chi connectivity index (χ2n) is 5.36. The molecule has 1 aliphatic heterocycles. The molecule has 1 saturated heterocycles. The summed E-state index contributed by atoms with van der Waals surface area (Å²) < 4.78 is 26.8. The van der Waals surface area contributed by atoms with Gasteiger partial charge in [-0.3, -0.25) is 10.1 Å². The second kappa shape index (κ2) is 6.08. The minimum absolute atomic E-state index is 0.213. The predicted molar refractivity (Wildman–Crippen MR) is 78.2 cm³/mol. The second-order valence-corrected chi connectivity index (χ2v) is 7.22. The summed E-state index contributed by atoms with van der Waals surface area (Å²) in [4.78, 5) is 10.1. The van der Waals surface area contributed by atoms with Crippen molar-refractivity contribution in [2.45, 2.75) is 30.7 Å². The van der Waals surface area contributed by atoms with Crippen LogP contribution in [0.2, 0.25) is 0 Å². The Labute approximate surface area is 123 Å².